The molecule has 3 saturated carbocycles. The standard InChI is InChI=1S/C23H37NO4/c1-21(8-5-16(26)12-15(21)14-25)18-6-9-22(2)19(17(18)13-24)7-10-23(22,27)20-4-3-11-28-20/h3-4,11,15-19,25-27H,5-10,12-14,24H2,1-2H3. The van der Waals surface area contributed by atoms with Crippen LogP contribution in [0.25, 0.3) is 0 Å². The van der Waals surface area contributed by atoms with Crippen molar-refractivity contribution in [2.45, 2.75) is 70.5 Å². The third kappa shape index (κ3) is 2.73. The van der Waals surface area contributed by atoms with Gasteiger partial charge < -0.3 is 25.5 Å². The van der Waals surface area contributed by atoms with Gasteiger partial charge in [-0.2, -0.15) is 0 Å². The Balaban J connectivity index is 1.66. The largest absolute Gasteiger partial charge is 0.466 e. The number of nitrogens with two attached hydrogens (primary N) is 1. The molecule has 1 aromatic heterocycles. The van der Waals surface area contributed by atoms with Crippen LogP contribution < -0.4 is 5.73 Å². The Morgan fingerprint density at radius 1 is 1.14 bits per heavy atom. The summed E-state index contributed by atoms with van der Waals surface area (Å²) < 4.78 is 5.67. The Hall–Kier alpha value is -0.880. The number of rotatable bonds is 4. The third-order valence-electron chi connectivity index (χ3n) is 9.36. The van der Waals surface area contributed by atoms with Crippen molar-refractivity contribution >= 4 is 0 Å². The molecule has 0 aliphatic heterocycles. The van der Waals surface area contributed by atoms with Gasteiger partial charge in [-0.25, -0.2) is 0 Å². The zero-order valence-corrected chi connectivity index (χ0v) is 17.3. The van der Waals surface area contributed by atoms with Crippen molar-refractivity contribution in [3.05, 3.63) is 24.2 Å². The highest BCUT2D eigenvalue weighted by Gasteiger charge is 2.64. The van der Waals surface area contributed by atoms with Gasteiger partial charge in [-0.05, 0) is 92.7 Å². The molecule has 0 aromatic carbocycles. The van der Waals surface area contributed by atoms with Crippen LogP contribution in [0.1, 0.15) is 64.6 Å². The van der Waals surface area contributed by atoms with E-state index in [1.165, 1.54) is 0 Å². The summed E-state index contributed by atoms with van der Waals surface area (Å²) in [6.45, 7) is 5.26. The van der Waals surface area contributed by atoms with Gasteiger partial charge in [0, 0.05) is 12.0 Å². The van der Waals surface area contributed by atoms with Gasteiger partial charge in [-0.3, -0.25) is 0 Å². The van der Waals surface area contributed by atoms with Crippen LogP contribution in [0.2, 0.25) is 0 Å². The lowest BCUT2D eigenvalue weighted by Crippen LogP contribution is -2.55. The molecule has 0 bridgehead atoms. The van der Waals surface area contributed by atoms with E-state index in [0.717, 1.165) is 32.1 Å². The monoisotopic (exact) mass is 391 g/mol. The van der Waals surface area contributed by atoms with Crippen LogP contribution in [-0.4, -0.2) is 34.6 Å². The fourth-order valence-electron chi connectivity index (χ4n) is 7.54. The molecule has 8 atom stereocenters. The van der Waals surface area contributed by atoms with Crippen LogP contribution in [0.5, 0.6) is 0 Å². The highest BCUT2D eigenvalue weighted by atomic mass is 16.4. The fourth-order valence-corrected chi connectivity index (χ4v) is 7.54. The number of furan rings is 1. The van der Waals surface area contributed by atoms with Crippen molar-refractivity contribution in [3.8, 4) is 0 Å². The minimum absolute atomic E-state index is 0.00919. The zero-order chi connectivity index (χ0) is 20.2. The lowest BCUT2D eigenvalue weighted by molar-refractivity contribution is -0.150. The second-order valence-electron chi connectivity index (χ2n) is 10.3. The normalized spacial score (nSPS) is 49.1. The average molecular weight is 392 g/mol. The number of aliphatic hydroxyl groups is 3. The molecule has 4 rings (SSSR count). The van der Waals surface area contributed by atoms with Gasteiger partial charge >= 0.3 is 0 Å². The van der Waals surface area contributed by atoms with E-state index in [1.54, 1.807) is 6.26 Å². The molecule has 0 amide bonds. The van der Waals surface area contributed by atoms with Gasteiger partial charge in [-0.15, -0.1) is 0 Å². The summed E-state index contributed by atoms with van der Waals surface area (Å²) in [5.74, 6) is 1.88. The summed E-state index contributed by atoms with van der Waals surface area (Å²) in [5.41, 5.74) is 5.19. The molecule has 3 fully saturated rings. The Morgan fingerprint density at radius 3 is 2.54 bits per heavy atom. The smallest absolute Gasteiger partial charge is 0.135 e. The highest BCUT2D eigenvalue weighted by Crippen LogP contribution is 2.67. The number of hydrogen-bond acceptors (Lipinski definition) is 5. The molecule has 5 nitrogen and oxygen atoms in total. The number of fused-ring (bicyclic) bond motifs is 1. The van der Waals surface area contributed by atoms with E-state index in [2.05, 4.69) is 13.8 Å². The van der Waals surface area contributed by atoms with E-state index in [0.29, 0.717) is 42.9 Å². The van der Waals surface area contributed by atoms with Crippen LogP contribution in [-0.2, 0) is 5.60 Å². The number of hydrogen-bond donors (Lipinski definition) is 4. The first-order valence-corrected chi connectivity index (χ1v) is 11.1. The Labute approximate surface area is 168 Å². The van der Waals surface area contributed by atoms with Gasteiger partial charge in [0.05, 0.1) is 12.4 Å². The van der Waals surface area contributed by atoms with Gasteiger partial charge in [0.25, 0.3) is 0 Å². The maximum Gasteiger partial charge on any atom is 0.135 e. The van der Waals surface area contributed by atoms with Crippen molar-refractivity contribution in [3.63, 3.8) is 0 Å². The summed E-state index contributed by atoms with van der Waals surface area (Å²) in [7, 11) is 0. The molecule has 3 aliphatic rings. The molecule has 0 saturated heterocycles. The minimum Gasteiger partial charge on any atom is -0.466 e. The van der Waals surface area contributed by atoms with Crippen LogP contribution in [0.4, 0.5) is 0 Å². The molecule has 0 spiro atoms. The van der Waals surface area contributed by atoms with Gasteiger partial charge in [0.15, 0.2) is 0 Å². The van der Waals surface area contributed by atoms with E-state index < -0.39 is 5.60 Å². The summed E-state index contributed by atoms with van der Waals surface area (Å²) in [6, 6.07) is 3.76. The maximum absolute atomic E-state index is 11.7. The number of aliphatic hydroxyl groups excluding tert-OH is 2. The molecule has 1 heterocycles. The van der Waals surface area contributed by atoms with E-state index in [9.17, 15) is 15.3 Å². The molecule has 3 aliphatic carbocycles. The van der Waals surface area contributed by atoms with Crippen LogP contribution in [0, 0.1) is 34.5 Å². The highest BCUT2D eigenvalue weighted by molar-refractivity contribution is 5.21. The first-order valence-electron chi connectivity index (χ1n) is 11.1. The molecular formula is C23H37NO4. The topological polar surface area (TPSA) is 99.9 Å². The second-order valence-corrected chi connectivity index (χ2v) is 10.3. The quantitative estimate of drug-likeness (QED) is 0.632. The predicted octanol–water partition coefficient (Wildman–Crippen LogP) is 3.03. The predicted molar refractivity (Wildman–Crippen MR) is 107 cm³/mol. The van der Waals surface area contributed by atoms with E-state index in [1.807, 2.05) is 12.1 Å². The van der Waals surface area contributed by atoms with Crippen LogP contribution in [0.15, 0.2) is 22.8 Å². The molecule has 1 aromatic rings. The lowest BCUT2D eigenvalue weighted by atomic mass is 9.48. The molecular weight excluding hydrogens is 354 g/mol. The first kappa shape index (κ1) is 20.4. The third-order valence-corrected chi connectivity index (χ3v) is 9.36. The second kappa shape index (κ2) is 7.12. The fraction of sp³-hybridized carbons (Fsp3) is 0.826. The van der Waals surface area contributed by atoms with Crippen molar-refractivity contribution in [1.29, 1.82) is 0 Å². The molecule has 8 unspecified atom stereocenters. The minimum atomic E-state index is -0.931. The Kier molecular flexibility index (Phi) is 5.18. The van der Waals surface area contributed by atoms with Crippen molar-refractivity contribution in [2.24, 2.45) is 40.2 Å². The maximum atomic E-state index is 11.7. The Morgan fingerprint density at radius 2 is 1.89 bits per heavy atom. The van der Waals surface area contributed by atoms with E-state index in [-0.39, 0.29) is 29.5 Å². The molecule has 5 heteroatoms. The molecule has 28 heavy (non-hydrogen) atoms. The average Bonchev–Trinajstić information content (AvgIpc) is 3.31. The van der Waals surface area contributed by atoms with Crippen molar-refractivity contribution in [1.82, 2.24) is 0 Å². The van der Waals surface area contributed by atoms with Crippen LogP contribution >= 0.6 is 0 Å². The van der Waals surface area contributed by atoms with Gasteiger partial charge in [0.2, 0.25) is 0 Å². The van der Waals surface area contributed by atoms with Gasteiger partial charge in [0.1, 0.15) is 11.4 Å². The molecule has 0 radical (unpaired) electrons. The van der Waals surface area contributed by atoms with Gasteiger partial charge in [-0.1, -0.05) is 13.8 Å². The summed E-state index contributed by atoms with van der Waals surface area (Å²) >= 11 is 0. The van der Waals surface area contributed by atoms with E-state index in [4.69, 9.17) is 10.2 Å². The Bertz CT molecular complexity index is 678. The van der Waals surface area contributed by atoms with Crippen molar-refractivity contribution < 1.29 is 19.7 Å². The molecule has 158 valence electrons. The molecule has 5 N–H and O–H groups in total. The zero-order valence-electron chi connectivity index (χ0n) is 17.3. The van der Waals surface area contributed by atoms with Crippen LogP contribution in [0.3, 0.4) is 0 Å². The lowest BCUT2D eigenvalue weighted by Gasteiger charge is -2.57. The summed E-state index contributed by atoms with van der Waals surface area (Å²) in [6.07, 6.45) is 7.37. The SMILES string of the molecule is CC1(C2CCC3(C)C(CCC3(O)c3ccco3)C2CN)CCC(O)CC1CO. The summed E-state index contributed by atoms with van der Waals surface area (Å²) in [4.78, 5) is 0. The first-order chi connectivity index (χ1) is 13.3. The van der Waals surface area contributed by atoms with Crippen molar-refractivity contribution in [2.75, 3.05) is 13.2 Å². The van der Waals surface area contributed by atoms with E-state index >= 15 is 0 Å². The summed E-state index contributed by atoms with van der Waals surface area (Å²) in [5, 5.41) is 31.9.